The van der Waals surface area contributed by atoms with Gasteiger partial charge in [0.05, 0.1) is 5.02 Å². The standard InChI is InChI=1S/C13H8ClF2N5/c14-9-5-4-7(17)6-8(9)13-18-19-20-21(13)11-3-1-2-10(15)12(11)16/h1-6H,17H2. The third kappa shape index (κ3) is 2.31. The highest BCUT2D eigenvalue weighted by molar-refractivity contribution is 6.33. The van der Waals surface area contributed by atoms with Crippen LogP contribution < -0.4 is 5.73 Å². The van der Waals surface area contributed by atoms with Crippen molar-refractivity contribution < 1.29 is 8.78 Å². The summed E-state index contributed by atoms with van der Waals surface area (Å²) in [5.74, 6) is -1.88. The Hall–Kier alpha value is -2.54. The third-order valence-corrected chi connectivity index (χ3v) is 3.19. The van der Waals surface area contributed by atoms with Gasteiger partial charge in [-0.2, -0.15) is 4.68 Å². The molecule has 8 heteroatoms. The SMILES string of the molecule is Nc1ccc(Cl)c(-c2nnnn2-c2cccc(F)c2F)c1. The van der Waals surface area contributed by atoms with Gasteiger partial charge in [-0.25, -0.2) is 8.78 Å². The van der Waals surface area contributed by atoms with Gasteiger partial charge in [-0.05, 0) is 40.8 Å². The van der Waals surface area contributed by atoms with Gasteiger partial charge >= 0.3 is 0 Å². The Kier molecular flexibility index (Phi) is 3.26. The highest BCUT2D eigenvalue weighted by Crippen LogP contribution is 2.29. The van der Waals surface area contributed by atoms with E-state index in [1.807, 2.05) is 0 Å². The lowest BCUT2D eigenvalue weighted by molar-refractivity contribution is 0.501. The topological polar surface area (TPSA) is 69.6 Å². The van der Waals surface area contributed by atoms with Crippen molar-refractivity contribution in [2.75, 3.05) is 5.73 Å². The first-order valence-corrected chi connectivity index (χ1v) is 6.24. The summed E-state index contributed by atoms with van der Waals surface area (Å²) in [6, 6.07) is 8.48. The van der Waals surface area contributed by atoms with Gasteiger partial charge in [0.25, 0.3) is 0 Å². The molecule has 0 aliphatic carbocycles. The van der Waals surface area contributed by atoms with Crippen LogP contribution in [0.15, 0.2) is 36.4 Å². The number of rotatable bonds is 2. The molecule has 0 unspecified atom stereocenters. The summed E-state index contributed by atoms with van der Waals surface area (Å²) in [6.07, 6.45) is 0. The first kappa shape index (κ1) is 13.4. The second-order valence-corrected chi connectivity index (χ2v) is 4.63. The minimum Gasteiger partial charge on any atom is -0.399 e. The molecule has 0 aliphatic heterocycles. The van der Waals surface area contributed by atoms with Gasteiger partial charge in [0.15, 0.2) is 17.5 Å². The number of hydrogen-bond acceptors (Lipinski definition) is 4. The van der Waals surface area contributed by atoms with Crippen LogP contribution in [0.25, 0.3) is 17.1 Å². The van der Waals surface area contributed by atoms with Gasteiger partial charge in [-0.3, -0.25) is 0 Å². The Labute approximate surface area is 123 Å². The largest absolute Gasteiger partial charge is 0.399 e. The first-order chi connectivity index (χ1) is 10.1. The molecule has 0 bridgehead atoms. The van der Waals surface area contributed by atoms with E-state index in [2.05, 4.69) is 15.5 Å². The molecule has 0 spiro atoms. The van der Waals surface area contributed by atoms with Crippen LogP contribution in [0.3, 0.4) is 0 Å². The van der Waals surface area contributed by atoms with E-state index in [1.54, 1.807) is 18.2 Å². The molecule has 2 N–H and O–H groups in total. The van der Waals surface area contributed by atoms with Crippen LogP contribution in [-0.4, -0.2) is 20.2 Å². The average molecular weight is 308 g/mol. The summed E-state index contributed by atoms with van der Waals surface area (Å²) in [6.45, 7) is 0. The van der Waals surface area contributed by atoms with Gasteiger partial charge in [0.2, 0.25) is 0 Å². The number of tetrazole rings is 1. The predicted octanol–water partition coefficient (Wildman–Crippen LogP) is 2.84. The van der Waals surface area contributed by atoms with Crippen LogP contribution in [0.1, 0.15) is 0 Å². The molecule has 3 aromatic rings. The molecule has 5 nitrogen and oxygen atoms in total. The molecule has 3 rings (SSSR count). The zero-order valence-corrected chi connectivity index (χ0v) is 11.2. The lowest BCUT2D eigenvalue weighted by Gasteiger charge is -2.08. The zero-order valence-electron chi connectivity index (χ0n) is 10.5. The molecule has 21 heavy (non-hydrogen) atoms. The van der Waals surface area contributed by atoms with E-state index in [4.69, 9.17) is 17.3 Å². The van der Waals surface area contributed by atoms with Crippen LogP contribution in [0, 0.1) is 11.6 Å². The van der Waals surface area contributed by atoms with Crippen molar-refractivity contribution in [3.05, 3.63) is 53.1 Å². The Morgan fingerprint density at radius 3 is 2.76 bits per heavy atom. The van der Waals surface area contributed by atoms with E-state index in [0.717, 1.165) is 10.7 Å². The molecule has 0 saturated heterocycles. The molecule has 0 aliphatic rings. The molecule has 1 heterocycles. The Balaban J connectivity index is 2.22. The summed E-state index contributed by atoms with van der Waals surface area (Å²) < 4.78 is 28.3. The number of nitrogens with zero attached hydrogens (tertiary/aromatic N) is 4. The van der Waals surface area contributed by atoms with E-state index in [0.29, 0.717) is 16.3 Å². The maximum atomic E-state index is 13.9. The van der Waals surface area contributed by atoms with Crippen LogP contribution in [0.5, 0.6) is 0 Å². The fourth-order valence-corrected chi connectivity index (χ4v) is 2.09. The van der Waals surface area contributed by atoms with Crippen molar-refractivity contribution in [1.82, 2.24) is 20.2 Å². The smallest absolute Gasteiger partial charge is 0.188 e. The van der Waals surface area contributed by atoms with Crippen molar-refractivity contribution >= 4 is 17.3 Å². The van der Waals surface area contributed by atoms with Gasteiger partial charge in [0, 0.05) is 11.3 Å². The van der Waals surface area contributed by atoms with Crippen molar-refractivity contribution in [3.63, 3.8) is 0 Å². The Morgan fingerprint density at radius 1 is 1.14 bits per heavy atom. The van der Waals surface area contributed by atoms with E-state index in [-0.39, 0.29) is 11.5 Å². The Bertz CT molecular complexity index is 802. The number of benzene rings is 2. The summed E-state index contributed by atoms with van der Waals surface area (Å²) in [4.78, 5) is 0. The summed E-state index contributed by atoms with van der Waals surface area (Å²) in [7, 11) is 0. The van der Waals surface area contributed by atoms with Crippen LogP contribution in [0.4, 0.5) is 14.5 Å². The normalized spacial score (nSPS) is 10.8. The molecule has 0 amide bonds. The number of aromatic nitrogens is 4. The number of halogens is 3. The predicted molar refractivity (Wildman–Crippen MR) is 73.9 cm³/mol. The molecular weight excluding hydrogens is 300 g/mol. The van der Waals surface area contributed by atoms with Crippen molar-refractivity contribution in [2.45, 2.75) is 0 Å². The monoisotopic (exact) mass is 307 g/mol. The molecule has 0 radical (unpaired) electrons. The molecule has 2 aromatic carbocycles. The van der Waals surface area contributed by atoms with Crippen LogP contribution in [0.2, 0.25) is 5.02 Å². The highest BCUT2D eigenvalue weighted by atomic mass is 35.5. The van der Waals surface area contributed by atoms with Gasteiger partial charge in [-0.15, -0.1) is 5.10 Å². The average Bonchev–Trinajstić information content (AvgIpc) is 2.93. The van der Waals surface area contributed by atoms with Crippen molar-refractivity contribution in [2.24, 2.45) is 0 Å². The number of nitrogen functional groups attached to an aromatic ring is 1. The molecule has 0 atom stereocenters. The fraction of sp³-hybridized carbons (Fsp3) is 0. The third-order valence-electron chi connectivity index (χ3n) is 2.86. The highest BCUT2D eigenvalue weighted by Gasteiger charge is 2.18. The van der Waals surface area contributed by atoms with E-state index >= 15 is 0 Å². The molecule has 0 fully saturated rings. The Morgan fingerprint density at radius 2 is 1.95 bits per heavy atom. The maximum absolute atomic E-state index is 13.9. The van der Waals surface area contributed by atoms with Gasteiger partial charge < -0.3 is 5.73 Å². The van der Waals surface area contributed by atoms with Gasteiger partial charge in [-0.1, -0.05) is 17.7 Å². The summed E-state index contributed by atoms with van der Waals surface area (Å²) in [5.41, 5.74) is 6.46. The second-order valence-electron chi connectivity index (χ2n) is 4.23. The molecule has 106 valence electrons. The first-order valence-electron chi connectivity index (χ1n) is 5.86. The molecule has 0 saturated carbocycles. The minimum absolute atomic E-state index is 0.117. The fourth-order valence-electron chi connectivity index (χ4n) is 1.89. The summed E-state index contributed by atoms with van der Waals surface area (Å²) in [5, 5.41) is 11.3. The van der Waals surface area contributed by atoms with E-state index in [1.165, 1.54) is 12.1 Å². The zero-order chi connectivity index (χ0) is 15.0. The van der Waals surface area contributed by atoms with Crippen LogP contribution >= 0.6 is 11.6 Å². The molecular formula is C13H8ClF2N5. The lowest BCUT2D eigenvalue weighted by atomic mass is 10.2. The number of anilines is 1. The number of hydrogen-bond donors (Lipinski definition) is 1. The summed E-state index contributed by atoms with van der Waals surface area (Å²) >= 11 is 6.09. The van der Waals surface area contributed by atoms with E-state index < -0.39 is 11.6 Å². The lowest BCUT2D eigenvalue weighted by Crippen LogP contribution is -2.04. The van der Waals surface area contributed by atoms with E-state index in [9.17, 15) is 8.78 Å². The minimum atomic E-state index is -1.05. The molecule has 1 aromatic heterocycles. The van der Waals surface area contributed by atoms with Crippen molar-refractivity contribution in [1.29, 1.82) is 0 Å². The maximum Gasteiger partial charge on any atom is 0.188 e. The quantitative estimate of drug-likeness (QED) is 0.739. The van der Waals surface area contributed by atoms with Crippen LogP contribution in [-0.2, 0) is 0 Å². The second kappa shape index (κ2) is 5.10. The van der Waals surface area contributed by atoms with Gasteiger partial charge in [0.1, 0.15) is 5.69 Å². The number of nitrogens with two attached hydrogens (primary N) is 1. The van der Waals surface area contributed by atoms with Crippen molar-refractivity contribution in [3.8, 4) is 17.1 Å².